The lowest BCUT2D eigenvalue weighted by Crippen LogP contribution is -2.50. The van der Waals surface area contributed by atoms with E-state index in [1.807, 2.05) is 31.2 Å². The van der Waals surface area contributed by atoms with Gasteiger partial charge in [0.1, 0.15) is 0 Å². The third-order valence-electron chi connectivity index (χ3n) is 2.44. The fourth-order valence-corrected chi connectivity index (χ4v) is 1.74. The Balaban J connectivity index is 2.69. The molecule has 1 rings (SSSR count). The maximum atomic E-state index is 9.58. The molecule has 0 amide bonds. The van der Waals surface area contributed by atoms with Crippen LogP contribution in [0.25, 0.3) is 0 Å². The van der Waals surface area contributed by atoms with Crippen molar-refractivity contribution in [3.05, 3.63) is 24.3 Å². The molecule has 0 fully saturated rings. The molecule has 0 heterocycles. The number of aliphatic hydroxyl groups is 1. The van der Waals surface area contributed by atoms with Crippen LogP contribution in [-0.2, 0) is 0 Å². The lowest BCUT2D eigenvalue weighted by molar-refractivity contribution is 0.128. The van der Waals surface area contributed by atoms with Crippen molar-refractivity contribution in [1.29, 1.82) is 0 Å². The number of rotatable bonds is 3. The molecular weight excluding hydrogens is 186 g/mol. The van der Waals surface area contributed by atoms with Crippen LogP contribution in [0.1, 0.15) is 19.8 Å². The number of halogens is 1. The van der Waals surface area contributed by atoms with Crippen LogP contribution in [0.3, 0.4) is 0 Å². The van der Waals surface area contributed by atoms with Crippen LogP contribution < -0.4 is 5.73 Å². The summed E-state index contributed by atoms with van der Waals surface area (Å²) >= 11 is 6.28. The molecule has 3 heteroatoms. The second kappa shape index (κ2) is 4.27. The molecule has 0 aliphatic heterocycles. The van der Waals surface area contributed by atoms with Gasteiger partial charge in [0, 0.05) is 0 Å². The number of nitrogens with two attached hydrogens (primary N) is 1. The normalized spacial score (nSPS) is 31.7. The first kappa shape index (κ1) is 10.8. The average Bonchev–Trinajstić information content (AvgIpc) is 2.16. The molecule has 2 nitrogen and oxygen atoms in total. The van der Waals surface area contributed by atoms with Gasteiger partial charge >= 0.3 is 0 Å². The number of hydrogen-bond acceptors (Lipinski definition) is 2. The minimum Gasteiger partial charge on any atom is -0.391 e. The lowest BCUT2D eigenvalue weighted by Gasteiger charge is -2.33. The molecule has 3 N–H and O–H groups in total. The van der Waals surface area contributed by atoms with Gasteiger partial charge in [0.2, 0.25) is 0 Å². The summed E-state index contributed by atoms with van der Waals surface area (Å²) in [5, 5.41) is 9.58. The Morgan fingerprint density at radius 3 is 2.77 bits per heavy atom. The van der Waals surface area contributed by atoms with Crippen LogP contribution in [0.2, 0.25) is 0 Å². The first-order valence-corrected chi connectivity index (χ1v) is 4.95. The molecule has 0 aromatic heterocycles. The molecule has 3 atom stereocenters. The summed E-state index contributed by atoms with van der Waals surface area (Å²) in [7, 11) is 0. The van der Waals surface area contributed by atoms with Crippen molar-refractivity contribution in [2.45, 2.75) is 36.8 Å². The van der Waals surface area contributed by atoms with Crippen molar-refractivity contribution < 1.29 is 5.11 Å². The summed E-state index contributed by atoms with van der Waals surface area (Å²) < 4.78 is 0. The van der Waals surface area contributed by atoms with Gasteiger partial charge in [-0.25, -0.2) is 0 Å². The molecule has 0 aromatic carbocycles. The Morgan fingerprint density at radius 1 is 1.62 bits per heavy atom. The third-order valence-corrected chi connectivity index (χ3v) is 2.97. The molecule has 1 unspecified atom stereocenters. The first-order valence-electron chi connectivity index (χ1n) is 4.57. The number of alkyl halides is 1. The maximum Gasteiger partial charge on any atom is 0.0839 e. The Hall–Kier alpha value is -0.310. The van der Waals surface area contributed by atoms with E-state index in [9.17, 15) is 5.11 Å². The van der Waals surface area contributed by atoms with E-state index >= 15 is 0 Å². The topological polar surface area (TPSA) is 46.2 Å². The quantitative estimate of drug-likeness (QED) is 0.682. The highest BCUT2D eigenvalue weighted by atomic mass is 35.5. The van der Waals surface area contributed by atoms with Crippen molar-refractivity contribution in [2.75, 3.05) is 0 Å². The SMILES string of the molecule is CC[C@H](O)[C@H](N)C1(Cl)C=CC=CC1. The molecular formula is C10H16ClNO. The van der Waals surface area contributed by atoms with Crippen molar-refractivity contribution in [1.82, 2.24) is 0 Å². The standard InChI is InChI=1S/C10H16ClNO/c1-2-8(13)9(12)10(11)6-4-3-5-7-10/h3-6,8-9,13H,2,7,12H2,1H3/t8-,9-,10?/m0/s1. The van der Waals surface area contributed by atoms with Crippen molar-refractivity contribution >= 4 is 11.6 Å². The second-order valence-electron chi connectivity index (χ2n) is 3.42. The van der Waals surface area contributed by atoms with Crippen LogP contribution in [0.15, 0.2) is 24.3 Å². The minimum atomic E-state index is -0.607. The fraction of sp³-hybridized carbons (Fsp3) is 0.600. The second-order valence-corrected chi connectivity index (χ2v) is 4.12. The molecule has 1 aliphatic carbocycles. The minimum absolute atomic E-state index is 0.402. The largest absolute Gasteiger partial charge is 0.391 e. The van der Waals surface area contributed by atoms with Gasteiger partial charge in [0.05, 0.1) is 17.0 Å². The van der Waals surface area contributed by atoms with E-state index in [0.717, 1.165) is 0 Å². The Labute approximate surface area is 84.1 Å². The van der Waals surface area contributed by atoms with Gasteiger partial charge in [-0.1, -0.05) is 31.2 Å². The van der Waals surface area contributed by atoms with Crippen molar-refractivity contribution in [3.8, 4) is 0 Å². The molecule has 1 aliphatic rings. The van der Waals surface area contributed by atoms with Crippen LogP contribution in [0.4, 0.5) is 0 Å². The Morgan fingerprint density at radius 2 is 2.31 bits per heavy atom. The van der Waals surface area contributed by atoms with Gasteiger partial charge in [-0.15, -0.1) is 11.6 Å². The summed E-state index contributed by atoms with van der Waals surface area (Å²) in [6, 6.07) is -0.402. The first-order chi connectivity index (χ1) is 6.10. The van der Waals surface area contributed by atoms with E-state index in [2.05, 4.69) is 0 Å². The molecule has 0 spiro atoms. The molecule has 0 saturated heterocycles. The summed E-state index contributed by atoms with van der Waals surface area (Å²) in [5.74, 6) is 0. The van der Waals surface area contributed by atoms with Gasteiger partial charge in [0.25, 0.3) is 0 Å². The number of hydrogen-bond donors (Lipinski definition) is 2. The summed E-state index contributed by atoms with van der Waals surface area (Å²) in [5.41, 5.74) is 5.87. The molecule has 0 saturated carbocycles. The van der Waals surface area contributed by atoms with Gasteiger partial charge in [0.15, 0.2) is 0 Å². The highest BCUT2D eigenvalue weighted by Crippen LogP contribution is 2.30. The lowest BCUT2D eigenvalue weighted by atomic mass is 9.88. The average molecular weight is 202 g/mol. The van der Waals surface area contributed by atoms with Gasteiger partial charge in [-0.3, -0.25) is 0 Å². The van der Waals surface area contributed by atoms with E-state index in [1.165, 1.54) is 0 Å². The van der Waals surface area contributed by atoms with Crippen LogP contribution >= 0.6 is 11.6 Å². The molecule has 13 heavy (non-hydrogen) atoms. The predicted molar refractivity (Wildman–Crippen MR) is 55.8 cm³/mol. The molecule has 0 aromatic rings. The zero-order chi connectivity index (χ0) is 9.90. The molecule has 0 bridgehead atoms. The third kappa shape index (κ3) is 2.33. The zero-order valence-corrected chi connectivity index (χ0v) is 8.54. The van der Waals surface area contributed by atoms with Gasteiger partial charge in [-0.05, 0) is 12.8 Å². The van der Waals surface area contributed by atoms with Gasteiger partial charge < -0.3 is 10.8 Å². The number of allylic oxidation sites excluding steroid dienone is 3. The van der Waals surface area contributed by atoms with Crippen LogP contribution in [-0.4, -0.2) is 22.1 Å². The van der Waals surface area contributed by atoms with Crippen LogP contribution in [0, 0.1) is 0 Å². The van der Waals surface area contributed by atoms with E-state index < -0.39 is 17.0 Å². The van der Waals surface area contributed by atoms with Gasteiger partial charge in [-0.2, -0.15) is 0 Å². The summed E-state index contributed by atoms with van der Waals surface area (Å²) in [4.78, 5) is -0.607. The molecule has 74 valence electrons. The summed E-state index contributed by atoms with van der Waals surface area (Å²) in [6.45, 7) is 1.90. The highest BCUT2D eigenvalue weighted by molar-refractivity contribution is 6.26. The van der Waals surface area contributed by atoms with E-state index in [1.54, 1.807) is 0 Å². The predicted octanol–water partition coefficient (Wildman–Crippen LogP) is 1.58. The fourth-order valence-electron chi connectivity index (χ4n) is 1.43. The molecule has 0 radical (unpaired) electrons. The van der Waals surface area contributed by atoms with E-state index in [4.69, 9.17) is 17.3 Å². The zero-order valence-electron chi connectivity index (χ0n) is 7.78. The monoisotopic (exact) mass is 201 g/mol. The summed E-state index contributed by atoms with van der Waals surface area (Å²) in [6.07, 6.45) is 8.42. The highest BCUT2D eigenvalue weighted by Gasteiger charge is 2.35. The van der Waals surface area contributed by atoms with Crippen molar-refractivity contribution in [2.24, 2.45) is 5.73 Å². The van der Waals surface area contributed by atoms with E-state index in [-0.39, 0.29) is 0 Å². The van der Waals surface area contributed by atoms with Crippen molar-refractivity contribution in [3.63, 3.8) is 0 Å². The van der Waals surface area contributed by atoms with E-state index in [0.29, 0.717) is 12.8 Å². The maximum absolute atomic E-state index is 9.58. The Kier molecular flexibility index (Phi) is 3.54. The smallest absolute Gasteiger partial charge is 0.0839 e. The Bertz CT molecular complexity index is 227. The number of aliphatic hydroxyl groups excluding tert-OH is 1. The van der Waals surface area contributed by atoms with Crippen LogP contribution in [0.5, 0.6) is 0 Å².